The van der Waals surface area contributed by atoms with E-state index in [1.165, 1.54) is 12.1 Å². The van der Waals surface area contributed by atoms with Gasteiger partial charge in [-0.05, 0) is 38.8 Å². The first kappa shape index (κ1) is 23.4. The summed E-state index contributed by atoms with van der Waals surface area (Å²) in [6.07, 6.45) is -0.679. The molecule has 0 aliphatic heterocycles. The van der Waals surface area contributed by atoms with E-state index in [0.717, 1.165) is 0 Å². The number of halogens is 2. The third-order valence-electron chi connectivity index (χ3n) is 3.69. The lowest BCUT2D eigenvalue weighted by Gasteiger charge is -2.23. The molecule has 29 heavy (non-hydrogen) atoms. The number of nitrogens with zero attached hydrogens (tertiary/aromatic N) is 2. The number of carbonyl (C=O) groups is 1. The largest absolute Gasteiger partial charge is 0.444 e. The third-order valence-corrected chi connectivity index (χ3v) is 5.76. The maximum Gasteiger partial charge on any atom is 0.408 e. The summed E-state index contributed by atoms with van der Waals surface area (Å²) in [6.45, 7) is 8.81. The van der Waals surface area contributed by atoms with E-state index in [9.17, 15) is 13.2 Å². The van der Waals surface area contributed by atoms with Crippen molar-refractivity contribution in [3.8, 4) is 0 Å². The molecule has 0 saturated heterocycles. The van der Waals surface area contributed by atoms with Gasteiger partial charge in [0.25, 0.3) is 0 Å². The maximum absolute atomic E-state index is 12.7. The van der Waals surface area contributed by atoms with Gasteiger partial charge in [-0.15, -0.1) is 5.10 Å². The van der Waals surface area contributed by atoms with Crippen molar-refractivity contribution >= 4 is 39.1 Å². The number of aromatic nitrogens is 2. The molecule has 1 amide bonds. The lowest BCUT2D eigenvalue weighted by molar-refractivity contribution is 0.0477. The number of benzene rings is 1. The summed E-state index contributed by atoms with van der Waals surface area (Å²) < 4.78 is 36.0. The van der Waals surface area contributed by atoms with Gasteiger partial charge in [0.2, 0.25) is 15.7 Å². The minimum atomic E-state index is -4.01. The monoisotopic (exact) mass is 463 g/mol. The topological polar surface area (TPSA) is 111 Å². The van der Waals surface area contributed by atoms with Crippen LogP contribution in [0.1, 0.15) is 52.1 Å². The lowest BCUT2D eigenvalue weighted by atomic mass is 10.1. The molecule has 2 rings (SSSR count). The highest BCUT2D eigenvalue weighted by atomic mass is 35.5. The number of hydrogen-bond donors (Lipinski definition) is 1. The molecule has 1 aromatic carbocycles. The maximum atomic E-state index is 12.7. The summed E-state index contributed by atoms with van der Waals surface area (Å²) in [6, 6.07) is 3.96. The average molecular weight is 464 g/mol. The Labute approximate surface area is 179 Å². The number of ether oxygens (including phenoxy) is 1. The molecule has 0 aliphatic rings. The normalized spacial score (nSPS) is 13.4. The van der Waals surface area contributed by atoms with Crippen molar-refractivity contribution in [2.45, 2.75) is 57.2 Å². The van der Waals surface area contributed by atoms with E-state index in [-0.39, 0.29) is 27.4 Å². The van der Waals surface area contributed by atoms with Crippen LogP contribution in [0.3, 0.4) is 0 Å². The van der Waals surface area contributed by atoms with E-state index in [4.69, 9.17) is 32.4 Å². The van der Waals surface area contributed by atoms with Crippen molar-refractivity contribution in [3.05, 3.63) is 39.7 Å². The van der Waals surface area contributed by atoms with Crippen LogP contribution in [0, 0.1) is 5.92 Å². The standard InChI is InChI=1S/C18H23Cl2N3O5S/c1-10(2)14(21-16(24)28-18(3,4)5)15-22-23-17(27-15)29(25,26)9-11-12(19)7-6-8-13(11)20/h6-8,10,14H,9H2,1-5H3,(H,21,24)/t14-/m1/s1. The van der Waals surface area contributed by atoms with Crippen LogP contribution in [0.25, 0.3) is 0 Å². The molecule has 1 heterocycles. The average Bonchev–Trinajstić information content (AvgIpc) is 3.05. The second-order valence-corrected chi connectivity index (χ2v) is 10.4. The molecule has 2 aromatic rings. The fourth-order valence-electron chi connectivity index (χ4n) is 2.34. The van der Waals surface area contributed by atoms with Gasteiger partial charge in [-0.25, -0.2) is 13.2 Å². The molecule has 1 atom stereocenters. The quantitative estimate of drug-likeness (QED) is 0.667. The van der Waals surface area contributed by atoms with Crippen LogP contribution in [0.4, 0.5) is 4.79 Å². The van der Waals surface area contributed by atoms with Crippen LogP contribution in [0.15, 0.2) is 27.8 Å². The molecule has 0 aliphatic carbocycles. The van der Waals surface area contributed by atoms with Crippen molar-refractivity contribution in [1.29, 1.82) is 0 Å². The molecular weight excluding hydrogens is 441 g/mol. The second kappa shape index (κ2) is 8.89. The molecule has 0 unspecified atom stereocenters. The number of sulfone groups is 1. The molecule has 0 bridgehead atoms. The van der Waals surface area contributed by atoms with E-state index in [1.54, 1.807) is 26.8 Å². The Morgan fingerprint density at radius 1 is 1.21 bits per heavy atom. The van der Waals surface area contributed by atoms with Crippen molar-refractivity contribution in [3.63, 3.8) is 0 Å². The van der Waals surface area contributed by atoms with E-state index < -0.39 is 38.5 Å². The first-order valence-corrected chi connectivity index (χ1v) is 11.2. The molecule has 0 fully saturated rings. The van der Waals surface area contributed by atoms with Crippen molar-refractivity contribution in [2.75, 3.05) is 0 Å². The number of alkyl carbamates (subject to hydrolysis) is 1. The zero-order valence-corrected chi connectivity index (χ0v) is 19.0. The SMILES string of the molecule is CC(C)[C@@H](NC(=O)OC(C)(C)C)c1nnc(S(=O)(=O)Cc2c(Cl)cccc2Cl)o1. The predicted octanol–water partition coefficient (Wildman–Crippen LogP) is 4.57. The number of carbonyl (C=O) groups excluding carboxylic acids is 1. The smallest absolute Gasteiger partial charge is 0.408 e. The van der Waals surface area contributed by atoms with Crippen LogP contribution in [0.2, 0.25) is 10.0 Å². The molecule has 1 aromatic heterocycles. The van der Waals surface area contributed by atoms with Crippen LogP contribution in [-0.4, -0.2) is 30.3 Å². The molecule has 0 saturated carbocycles. The van der Waals surface area contributed by atoms with Gasteiger partial charge in [0.15, 0.2) is 0 Å². The number of rotatable bonds is 6. The van der Waals surface area contributed by atoms with Crippen molar-refractivity contribution in [1.82, 2.24) is 15.5 Å². The Hall–Kier alpha value is -1.84. The van der Waals surface area contributed by atoms with Crippen LogP contribution in [-0.2, 0) is 20.3 Å². The van der Waals surface area contributed by atoms with Gasteiger partial charge in [0, 0.05) is 15.6 Å². The minimum absolute atomic E-state index is 0.0466. The first-order valence-electron chi connectivity index (χ1n) is 8.78. The van der Waals surface area contributed by atoms with Crippen molar-refractivity contribution < 1.29 is 22.4 Å². The highest BCUT2D eigenvalue weighted by Crippen LogP contribution is 2.29. The Morgan fingerprint density at radius 3 is 2.31 bits per heavy atom. The molecule has 160 valence electrons. The molecule has 8 nitrogen and oxygen atoms in total. The predicted molar refractivity (Wildman–Crippen MR) is 109 cm³/mol. The van der Waals surface area contributed by atoms with Crippen molar-refractivity contribution in [2.24, 2.45) is 5.92 Å². The Kier molecular flexibility index (Phi) is 7.19. The van der Waals surface area contributed by atoms with Crippen LogP contribution >= 0.6 is 23.2 Å². The minimum Gasteiger partial charge on any atom is -0.444 e. The molecule has 1 N–H and O–H groups in total. The summed E-state index contributed by atoms with van der Waals surface area (Å²) in [5.74, 6) is -0.717. The Morgan fingerprint density at radius 2 is 1.79 bits per heavy atom. The summed E-state index contributed by atoms with van der Waals surface area (Å²) in [7, 11) is -4.01. The summed E-state index contributed by atoms with van der Waals surface area (Å²) >= 11 is 12.1. The van der Waals surface area contributed by atoms with Crippen LogP contribution < -0.4 is 5.32 Å². The van der Waals surface area contributed by atoms with E-state index in [0.29, 0.717) is 0 Å². The van der Waals surface area contributed by atoms with Gasteiger partial charge in [-0.2, -0.15) is 0 Å². The third kappa shape index (κ3) is 6.32. The second-order valence-electron chi connectivity index (χ2n) is 7.73. The lowest BCUT2D eigenvalue weighted by Crippen LogP contribution is -2.37. The Balaban J connectivity index is 2.25. The first-order chi connectivity index (χ1) is 13.3. The highest BCUT2D eigenvalue weighted by molar-refractivity contribution is 7.90. The van der Waals surface area contributed by atoms with Gasteiger partial charge in [0.1, 0.15) is 11.6 Å². The highest BCUT2D eigenvalue weighted by Gasteiger charge is 2.30. The molecular formula is C18H23Cl2N3O5S. The molecule has 11 heteroatoms. The number of amides is 1. The van der Waals surface area contributed by atoms with Gasteiger partial charge in [-0.1, -0.05) is 48.2 Å². The zero-order chi connectivity index (χ0) is 22.0. The van der Waals surface area contributed by atoms with Gasteiger partial charge in [-0.3, -0.25) is 0 Å². The van der Waals surface area contributed by atoms with Crippen LogP contribution in [0.5, 0.6) is 0 Å². The fourth-order valence-corrected chi connectivity index (χ4v) is 4.22. The fraction of sp³-hybridized carbons (Fsp3) is 0.500. The van der Waals surface area contributed by atoms with E-state index in [2.05, 4.69) is 15.5 Å². The van der Waals surface area contributed by atoms with Gasteiger partial charge in [0.05, 0.1) is 5.75 Å². The molecule has 0 spiro atoms. The summed E-state index contributed by atoms with van der Waals surface area (Å²) in [4.78, 5) is 12.1. The number of hydrogen-bond acceptors (Lipinski definition) is 7. The van der Waals surface area contributed by atoms with E-state index in [1.807, 2.05) is 13.8 Å². The summed E-state index contributed by atoms with van der Waals surface area (Å²) in [5.41, 5.74) is -0.453. The Bertz CT molecular complexity index is 963. The van der Waals surface area contributed by atoms with Gasteiger partial charge >= 0.3 is 11.3 Å². The number of nitrogens with one attached hydrogen (secondary N) is 1. The zero-order valence-electron chi connectivity index (χ0n) is 16.7. The molecule has 0 radical (unpaired) electrons. The summed E-state index contributed by atoms with van der Waals surface area (Å²) in [5, 5.41) is 9.93. The van der Waals surface area contributed by atoms with Gasteiger partial charge < -0.3 is 14.5 Å². The van der Waals surface area contributed by atoms with E-state index >= 15 is 0 Å².